The van der Waals surface area contributed by atoms with Gasteiger partial charge >= 0.3 is 0 Å². The van der Waals surface area contributed by atoms with Gasteiger partial charge in [0.1, 0.15) is 0 Å². The van der Waals surface area contributed by atoms with E-state index >= 15 is 0 Å². The molecule has 3 heterocycles. The van der Waals surface area contributed by atoms with Crippen molar-refractivity contribution in [3.63, 3.8) is 0 Å². The highest BCUT2D eigenvalue weighted by Crippen LogP contribution is 2.62. The molecule has 0 spiro atoms. The van der Waals surface area contributed by atoms with Gasteiger partial charge in [-0.15, -0.1) is 0 Å². The van der Waals surface area contributed by atoms with Crippen LogP contribution in [0.1, 0.15) is 70.4 Å². The number of hydrogen-bond acceptors (Lipinski definition) is 2. The fourth-order valence-corrected chi connectivity index (χ4v) is 10.0. The second-order valence-corrected chi connectivity index (χ2v) is 14.2. The average molecular weight is 564 g/mol. The minimum absolute atomic E-state index is 0.0117. The maximum Gasteiger partial charge on any atom is 0.249 e. The van der Waals surface area contributed by atoms with Crippen LogP contribution in [0.25, 0.3) is 5.57 Å². The van der Waals surface area contributed by atoms with Crippen molar-refractivity contribution in [2.24, 2.45) is 0 Å². The summed E-state index contributed by atoms with van der Waals surface area (Å²) >= 11 is 1.98. The second-order valence-electron chi connectivity index (χ2n) is 13.2. The van der Waals surface area contributed by atoms with E-state index in [2.05, 4.69) is 117 Å². The first-order chi connectivity index (χ1) is 20.4. The third-order valence-electron chi connectivity index (χ3n) is 11.2. The summed E-state index contributed by atoms with van der Waals surface area (Å²) < 4.78 is 0. The molecule has 8 rings (SSSR count). The van der Waals surface area contributed by atoms with Crippen molar-refractivity contribution in [3.05, 3.63) is 136 Å². The lowest BCUT2D eigenvalue weighted by Crippen LogP contribution is -2.60. The average Bonchev–Trinajstić information content (AvgIpc) is 3.25. The molecule has 208 valence electrons. The molecule has 1 saturated carbocycles. The minimum Gasteiger partial charge on any atom is -0.335 e. The van der Waals surface area contributed by atoms with Crippen molar-refractivity contribution in [2.45, 2.75) is 75.1 Å². The van der Waals surface area contributed by atoms with E-state index in [4.69, 9.17) is 6.58 Å². The van der Waals surface area contributed by atoms with Gasteiger partial charge in [0.05, 0.1) is 5.54 Å². The molecule has 1 fully saturated rings. The van der Waals surface area contributed by atoms with Gasteiger partial charge in [0.2, 0.25) is 6.71 Å². The summed E-state index contributed by atoms with van der Waals surface area (Å²) in [7, 11) is 0. The highest BCUT2D eigenvalue weighted by atomic mass is 32.2. The normalized spacial score (nSPS) is 26.7. The smallest absolute Gasteiger partial charge is 0.249 e. The van der Waals surface area contributed by atoms with Crippen LogP contribution in [0, 0.1) is 0 Å². The lowest BCUT2D eigenvalue weighted by molar-refractivity contribution is 0.192. The van der Waals surface area contributed by atoms with Crippen LogP contribution in [-0.4, -0.2) is 12.3 Å². The first-order valence-corrected chi connectivity index (χ1v) is 16.5. The molecule has 0 N–H and O–H groups in total. The van der Waals surface area contributed by atoms with E-state index < -0.39 is 0 Å². The quantitative estimate of drug-likeness (QED) is 0.293. The molecule has 0 bridgehead atoms. The first-order valence-electron chi connectivity index (χ1n) is 15.7. The molecule has 3 aromatic rings. The van der Waals surface area contributed by atoms with Crippen LogP contribution < -0.4 is 15.8 Å². The SMILES string of the molecule is C=C(C1=C2B(c3ccccc3S/C2=C(/C)C2=CC=CCC2)c2cccc3c2N1C1(C)CCCCC31C)c1ccccc1. The standard InChI is InChI=1S/C39H38BNS/c1-26(28-16-7-5-8-17-28)35-34-37(27(2)29-18-9-6-10-19-29)42-33-23-12-11-21-31(33)40(34)32-22-15-20-30-36(32)41(35)39(4)25-14-13-24-38(30,39)3/h5-9,11-12,15-18,20-23H,1,10,13-14,19,24-25H2,2-4H3/b37-27-. The third kappa shape index (κ3) is 3.47. The molecule has 42 heavy (non-hydrogen) atoms. The lowest BCUT2D eigenvalue weighted by Gasteiger charge is -2.53. The number of rotatable bonds is 3. The fourth-order valence-electron chi connectivity index (χ4n) is 8.74. The summed E-state index contributed by atoms with van der Waals surface area (Å²) in [5, 5.41) is 0. The molecule has 0 aromatic heterocycles. The number of thioether (sulfide) groups is 1. The van der Waals surface area contributed by atoms with Crippen LogP contribution in [0.2, 0.25) is 0 Å². The lowest BCUT2D eigenvalue weighted by atomic mass is 9.34. The summed E-state index contributed by atoms with van der Waals surface area (Å²) in [6, 6.07) is 27.3. The fraction of sp³-hybridized carbons (Fsp3) is 0.282. The van der Waals surface area contributed by atoms with Crippen LogP contribution in [0.3, 0.4) is 0 Å². The van der Waals surface area contributed by atoms with Gasteiger partial charge in [0.25, 0.3) is 0 Å². The topological polar surface area (TPSA) is 3.24 Å². The van der Waals surface area contributed by atoms with E-state index in [1.165, 1.54) is 85.5 Å². The van der Waals surface area contributed by atoms with E-state index in [0.29, 0.717) is 0 Å². The minimum atomic E-state index is -0.0117. The molecule has 2 atom stereocenters. The molecule has 2 aliphatic carbocycles. The number of fused-ring (bicyclic) bond motifs is 7. The third-order valence-corrected chi connectivity index (χ3v) is 12.5. The Morgan fingerprint density at radius 1 is 0.905 bits per heavy atom. The van der Waals surface area contributed by atoms with Crippen LogP contribution in [-0.2, 0) is 5.41 Å². The Labute approximate surface area is 255 Å². The molecule has 3 heteroatoms. The van der Waals surface area contributed by atoms with Crippen molar-refractivity contribution in [3.8, 4) is 0 Å². The van der Waals surface area contributed by atoms with Crippen molar-refractivity contribution >= 4 is 40.7 Å². The highest BCUT2D eigenvalue weighted by Gasteiger charge is 2.61. The van der Waals surface area contributed by atoms with E-state index in [-0.39, 0.29) is 17.7 Å². The molecular formula is C39H38BNS. The molecule has 0 radical (unpaired) electrons. The van der Waals surface area contributed by atoms with Crippen LogP contribution in [0.4, 0.5) is 5.69 Å². The zero-order valence-corrected chi connectivity index (χ0v) is 25.9. The van der Waals surface area contributed by atoms with Crippen molar-refractivity contribution in [1.82, 2.24) is 0 Å². The van der Waals surface area contributed by atoms with Crippen molar-refractivity contribution < 1.29 is 0 Å². The van der Waals surface area contributed by atoms with Gasteiger partial charge in [-0.3, -0.25) is 0 Å². The Balaban J connectivity index is 1.52. The Hall–Kier alpha value is -3.43. The highest BCUT2D eigenvalue weighted by molar-refractivity contribution is 8.04. The van der Waals surface area contributed by atoms with Crippen LogP contribution in [0.15, 0.2) is 130 Å². The predicted octanol–water partition coefficient (Wildman–Crippen LogP) is 8.88. The second kappa shape index (κ2) is 9.54. The van der Waals surface area contributed by atoms with E-state index in [0.717, 1.165) is 18.4 Å². The molecular weight excluding hydrogens is 525 g/mol. The number of anilines is 1. The molecule has 5 aliphatic rings. The van der Waals surface area contributed by atoms with E-state index in [1.54, 1.807) is 0 Å². The Morgan fingerprint density at radius 3 is 2.48 bits per heavy atom. The van der Waals surface area contributed by atoms with Gasteiger partial charge < -0.3 is 4.90 Å². The maximum atomic E-state index is 4.93. The van der Waals surface area contributed by atoms with Gasteiger partial charge in [-0.1, -0.05) is 129 Å². The zero-order valence-electron chi connectivity index (χ0n) is 25.0. The number of allylic oxidation sites excluding steroid dienone is 7. The molecule has 2 unspecified atom stereocenters. The summed E-state index contributed by atoms with van der Waals surface area (Å²) in [5.41, 5.74) is 14.0. The van der Waals surface area contributed by atoms with Gasteiger partial charge in [-0.25, -0.2) is 0 Å². The summed E-state index contributed by atoms with van der Waals surface area (Å²) in [6.45, 7) is 12.6. The molecule has 1 nitrogen and oxygen atoms in total. The maximum absolute atomic E-state index is 4.93. The molecule has 3 aromatic carbocycles. The Morgan fingerprint density at radius 2 is 1.67 bits per heavy atom. The first kappa shape index (κ1) is 26.2. The molecule has 3 aliphatic heterocycles. The molecule has 0 saturated heterocycles. The number of para-hydroxylation sites is 1. The summed E-state index contributed by atoms with van der Waals surface area (Å²) in [5.74, 6) is 0. The van der Waals surface area contributed by atoms with E-state index in [1.807, 2.05) is 11.8 Å². The summed E-state index contributed by atoms with van der Waals surface area (Å²) in [6.07, 6.45) is 14.1. The number of benzene rings is 3. The van der Waals surface area contributed by atoms with Gasteiger partial charge in [-0.05, 0) is 84.4 Å². The van der Waals surface area contributed by atoms with Gasteiger partial charge in [0, 0.05) is 26.6 Å². The Bertz CT molecular complexity index is 1770. The summed E-state index contributed by atoms with van der Waals surface area (Å²) in [4.78, 5) is 5.63. The van der Waals surface area contributed by atoms with Crippen molar-refractivity contribution in [1.29, 1.82) is 0 Å². The largest absolute Gasteiger partial charge is 0.335 e. The van der Waals surface area contributed by atoms with Crippen LogP contribution in [0.5, 0.6) is 0 Å². The Kier molecular flexibility index (Phi) is 5.96. The number of hydrogen-bond donors (Lipinski definition) is 0. The number of nitrogens with zero attached hydrogens (tertiary/aromatic N) is 1. The molecule has 0 amide bonds. The van der Waals surface area contributed by atoms with Crippen LogP contribution >= 0.6 is 11.8 Å². The van der Waals surface area contributed by atoms with Gasteiger partial charge in [0.15, 0.2) is 0 Å². The van der Waals surface area contributed by atoms with E-state index in [9.17, 15) is 0 Å². The monoisotopic (exact) mass is 563 g/mol. The zero-order chi connectivity index (χ0) is 28.6. The van der Waals surface area contributed by atoms with Crippen molar-refractivity contribution in [2.75, 3.05) is 4.90 Å². The predicted molar refractivity (Wildman–Crippen MR) is 182 cm³/mol. The van der Waals surface area contributed by atoms with Gasteiger partial charge in [-0.2, -0.15) is 0 Å².